The second-order valence-corrected chi connectivity index (χ2v) is 7.27. The summed E-state index contributed by atoms with van der Waals surface area (Å²) in [4.78, 5) is 27.3. The first-order valence-electron chi connectivity index (χ1n) is 8.63. The van der Waals surface area contributed by atoms with Gasteiger partial charge >= 0.3 is 0 Å². The van der Waals surface area contributed by atoms with Crippen LogP contribution in [0.25, 0.3) is 0 Å². The maximum absolute atomic E-state index is 12.5. The normalized spacial score (nSPS) is 20.3. The second kappa shape index (κ2) is 8.53. The van der Waals surface area contributed by atoms with Crippen LogP contribution in [0.2, 0.25) is 0 Å². The van der Waals surface area contributed by atoms with Crippen LogP contribution in [0.5, 0.6) is 0 Å². The lowest BCUT2D eigenvalue weighted by molar-refractivity contribution is -0.129. The molecule has 0 spiro atoms. The topological polar surface area (TPSA) is 58.6 Å². The first kappa shape index (κ1) is 17.3. The molecule has 1 N–H and O–H groups in total. The van der Waals surface area contributed by atoms with Gasteiger partial charge in [0.2, 0.25) is 5.91 Å². The van der Waals surface area contributed by atoms with E-state index in [0.29, 0.717) is 5.56 Å². The summed E-state index contributed by atoms with van der Waals surface area (Å²) >= 11 is 1.65. The lowest BCUT2D eigenvalue weighted by atomic mass is 10.2. The molecule has 0 aliphatic carbocycles. The van der Waals surface area contributed by atoms with E-state index in [0.717, 1.165) is 56.0 Å². The molecular formula is C18H24N2O3S. The minimum atomic E-state index is -0.182. The predicted octanol–water partition coefficient (Wildman–Crippen LogP) is 2.31. The summed E-state index contributed by atoms with van der Waals surface area (Å²) in [7, 11) is 0. The first-order chi connectivity index (χ1) is 11.7. The number of ether oxygens (including phenoxy) is 1. The molecule has 0 radical (unpaired) electrons. The van der Waals surface area contributed by atoms with Gasteiger partial charge in [-0.05, 0) is 37.8 Å². The Bertz CT molecular complexity index is 581. The third-order valence-corrected chi connectivity index (χ3v) is 5.64. The molecule has 2 heterocycles. The van der Waals surface area contributed by atoms with E-state index in [1.54, 1.807) is 11.8 Å². The van der Waals surface area contributed by atoms with Gasteiger partial charge in [-0.15, -0.1) is 11.8 Å². The molecule has 1 aromatic rings. The predicted molar refractivity (Wildman–Crippen MR) is 94.3 cm³/mol. The molecule has 0 bridgehead atoms. The van der Waals surface area contributed by atoms with E-state index >= 15 is 0 Å². The fourth-order valence-corrected chi connectivity index (χ4v) is 4.19. The van der Waals surface area contributed by atoms with Crippen molar-refractivity contribution in [1.29, 1.82) is 0 Å². The summed E-state index contributed by atoms with van der Waals surface area (Å²) in [6.45, 7) is 2.53. The van der Waals surface area contributed by atoms with Gasteiger partial charge in [0.05, 0.1) is 18.2 Å². The van der Waals surface area contributed by atoms with Crippen LogP contribution in [0, 0.1) is 0 Å². The lowest BCUT2D eigenvalue weighted by Gasteiger charge is -2.16. The molecule has 2 fully saturated rings. The first-order valence-corrected chi connectivity index (χ1v) is 9.62. The highest BCUT2D eigenvalue weighted by Gasteiger charge is 2.20. The van der Waals surface area contributed by atoms with Crippen molar-refractivity contribution in [2.75, 3.05) is 32.0 Å². The molecule has 6 heteroatoms. The number of hydrogen-bond donors (Lipinski definition) is 1. The molecule has 1 aromatic carbocycles. The van der Waals surface area contributed by atoms with Gasteiger partial charge in [0.15, 0.2) is 0 Å². The highest BCUT2D eigenvalue weighted by molar-refractivity contribution is 7.99. The summed E-state index contributed by atoms with van der Waals surface area (Å²) < 4.78 is 5.64. The van der Waals surface area contributed by atoms with E-state index in [-0.39, 0.29) is 24.5 Å². The minimum Gasteiger partial charge on any atom is -0.377 e. The van der Waals surface area contributed by atoms with Crippen LogP contribution in [0.4, 0.5) is 0 Å². The fourth-order valence-electron chi connectivity index (χ4n) is 3.07. The summed E-state index contributed by atoms with van der Waals surface area (Å²) in [5.74, 6) is 0.681. The lowest BCUT2D eigenvalue weighted by Crippen LogP contribution is -2.38. The van der Waals surface area contributed by atoms with Crippen LogP contribution in [-0.2, 0) is 9.53 Å². The number of amides is 2. The highest BCUT2D eigenvalue weighted by Crippen LogP contribution is 2.26. The van der Waals surface area contributed by atoms with Crippen molar-refractivity contribution in [3.63, 3.8) is 0 Å². The molecule has 0 saturated carbocycles. The molecule has 0 aromatic heterocycles. The summed E-state index contributed by atoms with van der Waals surface area (Å²) in [6, 6.07) is 7.56. The molecule has 130 valence electrons. The van der Waals surface area contributed by atoms with Gasteiger partial charge in [0.1, 0.15) is 0 Å². The van der Waals surface area contributed by atoms with E-state index < -0.39 is 0 Å². The van der Waals surface area contributed by atoms with Crippen LogP contribution in [0.3, 0.4) is 0 Å². The van der Waals surface area contributed by atoms with Crippen LogP contribution >= 0.6 is 11.8 Å². The Morgan fingerprint density at radius 2 is 2.00 bits per heavy atom. The molecule has 24 heavy (non-hydrogen) atoms. The zero-order valence-electron chi connectivity index (χ0n) is 13.8. The Morgan fingerprint density at radius 3 is 2.75 bits per heavy atom. The summed E-state index contributed by atoms with van der Waals surface area (Å²) in [5.41, 5.74) is 0.634. The quantitative estimate of drug-likeness (QED) is 0.802. The van der Waals surface area contributed by atoms with Crippen molar-refractivity contribution in [3.05, 3.63) is 29.8 Å². The summed E-state index contributed by atoms with van der Waals surface area (Å²) in [6.07, 6.45) is 4.60. The number of likely N-dealkylation sites (tertiary alicyclic amines) is 1. The smallest absolute Gasteiger partial charge is 0.252 e. The Hall–Kier alpha value is -1.53. The van der Waals surface area contributed by atoms with Gasteiger partial charge in [-0.25, -0.2) is 0 Å². The van der Waals surface area contributed by atoms with E-state index in [1.165, 1.54) is 0 Å². The van der Waals surface area contributed by atoms with Crippen LogP contribution in [0.1, 0.15) is 36.0 Å². The average Bonchev–Trinajstić information content (AvgIpc) is 3.31. The average molecular weight is 348 g/mol. The number of nitrogens with zero attached hydrogens (tertiary/aromatic N) is 1. The Balaban J connectivity index is 1.54. The molecule has 3 rings (SSSR count). The van der Waals surface area contributed by atoms with Gasteiger partial charge in [-0.1, -0.05) is 12.1 Å². The third kappa shape index (κ3) is 4.51. The third-order valence-electron chi connectivity index (χ3n) is 4.44. The second-order valence-electron chi connectivity index (χ2n) is 6.21. The van der Waals surface area contributed by atoms with E-state index in [1.807, 2.05) is 29.2 Å². The minimum absolute atomic E-state index is 0.00494. The Labute approximate surface area is 147 Å². The highest BCUT2D eigenvalue weighted by atomic mass is 32.2. The van der Waals surface area contributed by atoms with Crippen LogP contribution in [0.15, 0.2) is 29.2 Å². The van der Waals surface area contributed by atoms with E-state index in [9.17, 15) is 9.59 Å². The molecule has 1 unspecified atom stereocenters. The monoisotopic (exact) mass is 348 g/mol. The number of hydrogen-bond acceptors (Lipinski definition) is 4. The van der Waals surface area contributed by atoms with E-state index in [2.05, 4.69) is 5.32 Å². The molecule has 2 aliphatic rings. The van der Waals surface area contributed by atoms with E-state index in [4.69, 9.17) is 4.74 Å². The van der Waals surface area contributed by atoms with Gasteiger partial charge in [0.25, 0.3) is 5.91 Å². The summed E-state index contributed by atoms with van der Waals surface area (Å²) in [5, 5.41) is 2.77. The number of nitrogens with one attached hydrogen (secondary N) is 1. The molecule has 2 amide bonds. The number of benzene rings is 1. The van der Waals surface area contributed by atoms with Gasteiger partial charge in [-0.3, -0.25) is 9.59 Å². The SMILES string of the molecule is O=C(NCC(=O)N1CCCC1)c1ccccc1SCC1CCCO1. The number of carbonyl (C=O) groups is 2. The standard InChI is InChI=1S/C18H24N2O3S/c21-17(20-9-3-4-10-20)12-19-18(22)15-7-1-2-8-16(15)24-13-14-6-5-11-23-14/h1-2,7-8,14H,3-6,9-13H2,(H,19,22). The van der Waals surface area contributed by atoms with Crippen LogP contribution < -0.4 is 5.32 Å². The van der Waals surface area contributed by atoms with Crippen molar-refractivity contribution in [2.45, 2.75) is 36.7 Å². The van der Waals surface area contributed by atoms with Gasteiger partial charge in [0, 0.05) is 30.3 Å². The maximum atomic E-state index is 12.5. The number of carbonyl (C=O) groups excluding carboxylic acids is 2. The van der Waals surface area contributed by atoms with Crippen molar-refractivity contribution in [3.8, 4) is 0 Å². The maximum Gasteiger partial charge on any atom is 0.252 e. The number of thioether (sulfide) groups is 1. The largest absolute Gasteiger partial charge is 0.377 e. The van der Waals surface area contributed by atoms with Crippen molar-refractivity contribution < 1.29 is 14.3 Å². The van der Waals surface area contributed by atoms with Crippen molar-refractivity contribution in [2.24, 2.45) is 0 Å². The zero-order chi connectivity index (χ0) is 16.8. The van der Waals surface area contributed by atoms with Gasteiger partial charge < -0.3 is 15.0 Å². The van der Waals surface area contributed by atoms with Crippen LogP contribution in [-0.4, -0.2) is 54.8 Å². The molecule has 2 aliphatic heterocycles. The van der Waals surface area contributed by atoms with Crippen molar-refractivity contribution >= 4 is 23.6 Å². The zero-order valence-corrected chi connectivity index (χ0v) is 14.6. The Morgan fingerprint density at radius 1 is 1.21 bits per heavy atom. The van der Waals surface area contributed by atoms with Gasteiger partial charge in [-0.2, -0.15) is 0 Å². The molecular weight excluding hydrogens is 324 g/mol. The number of rotatable bonds is 6. The molecule has 1 atom stereocenters. The fraction of sp³-hybridized carbons (Fsp3) is 0.556. The van der Waals surface area contributed by atoms with Crippen molar-refractivity contribution in [1.82, 2.24) is 10.2 Å². The molecule has 2 saturated heterocycles. The Kier molecular flexibility index (Phi) is 6.15. The molecule has 5 nitrogen and oxygen atoms in total.